The van der Waals surface area contributed by atoms with E-state index < -0.39 is 6.10 Å². The highest BCUT2D eigenvalue weighted by Crippen LogP contribution is 2.34. The summed E-state index contributed by atoms with van der Waals surface area (Å²) in [5.74, 6) is 0.730. The molecule has 2 aromatic carbocycles. The van der Waals surface area contributed by atoms with Crippen LogP contribution >= 0.6 is 0 Å². The Labute approximate surface area is 193 Å². The molecule has 1 amide bonds. The molecule has 0 aromatic heterocycles. The Balaban J connectivity index is 1.52. The van der Waals surface area contributed by atoms with E-state index in [1.54, 1.807) is 0 Å². The third-order valence-electron chi connectivity index (χ3n) is 7.15. The number of rotatable bonds is 7. The van der Waals surface area contributed by atoms with Gasteiger partial charge in [-0.2, -0.15) is 0 Å². The summed E-state index contributed by atoms with van der Waals surface area (Å²) in [5, 5.41) is 3.21. The topological polar surface area (TPSA) is 67.6 Å². The van der Waals surface area contributed by atoms with E-state index in [-0.39, 0.29) is 11.9 Å². The number of nitrogens with two attached hydrogens (primary N) is 1. The van der Waals surface area contributed by atoms with Crippen molar-refractivity contribution in [2.75, 3.05) is 18.8 Å². The maximum atomic E-state index is 12.9. The average molecular weight is 438 g/mol. The fourth-order valence-corrected chi connectivity index (χ4v) is 4.60. The zero-order valence-corrected chi connectivity index (χ0v) is 20.5. The van der Waals surface area contributed by atoms with Crippen molar-refractivity contribution < 1.29 is 9.53 Å². The SMILES string of the molecule is Cc1c(C)c(OC(C)C(=O)NC2CCN(C(C)Cc3ccccc3)CC2)c(C)c(C)c1N. The van der Waals surface area contributed by atoms with Crippen LogP contribution in [0.2, 0.25) is 0 Å². The third-order valence-corrected chi connectivity index (χ3v) is 7.15. The molecule has 32 heavy (non-hydrogen) atoms. The number of ether oxygens (including phenoxy) is 1. The van der Waals surface area contributed by atoms with E-state index >= 15 is 0 Å². The van der Waals surface area contributed by atoms with Gasteiger partial charge in [-0.15, -0.1) is 0 Å². The van der Waals surface area contributed by atoms with Crippen molar-refractivity contribution >= 4 is 11.6 Å². The lowest BCUT2D eigenvalue weighted by molar-refractivity contribution is -0.128. The Morgan fingerprint density at radius 1 is 1.03 bits per heavy atom. The summed E-state index contributed by atoms with van der Waals surface area (Å²) in [4.78, 5) is 15.4. The molecular weight excluding hydrogens is 398 g/mol. The van der Waals surface area contributed by atoms with E-state index in [0.717, 1.165) is 66.0 Å². The number of carbonyl (C=O) groups is 1. The Hall–Kier alpha value is -2.53. The van der Waals surface area contributed by atoms with Crippen LogP contribution < -0.4 is 15.8 Å². The van der Waals surface area contributed by atoms with Gasteiger partial charge in [0, 0.05) is 30.9 Å². The van der Waals surface area contributed by atoms with Crippen LogP contribution in [0.1, 0.15) is 54.5 Å². The van der Waals surface area contributed by atoms with Gasteiger partial charge >= 0.3 is 0 Å². The Bertz CT molecular complexity index is 905. The summed E-state index contributed by atoms with van der Waals surface area (Å²) in [7, 11) is 0. The van der Waals surface area contributed by atoms with Crippen LogP contribution in [-0.4, -0.2) is 42.1 Å². The van der Waals surface area contributed by atoms with Gasteiger partial charge < -0.3 is 20.7 Å². The van der Waals surface area contributed by atoms with Gasteiger partial charge in [0.15, 0.2) is 6.10 Å². The lowest BCUT2D eigenvalue weighted by atomic mass is 9.97. The summed E-state index contributed by atoms with van der Waals surface area (Å²) in [5.41, 5.74) is 12.4. The quantitative estimate of drug-likeness (QED) is 0.627. The molecule has 2 unspecified atom stereocenters. The smallest absolute Gasteiger partial charge is 0.260 e. The molecule has 3 rings (SSSR count). The van der Waals surface area contributed by atoms with E-state index in [1.165, 1.54) is 5.56 Å². The minimum absolute atomic E-state index is 0.0493. The number of amides is 1. The van der Waals surface area contributed by atoms with E-state index in [0.29, 0.717) is 6.04 Å². The Morgan fingerprint density at radius 2 is 1.59 bits per heavy atom. The third kappa shape index (κ3) is 5.44. The maximum Gasteiger partial charge on any atom is 0.260 e. The van der Waals surface area contributed by atoms with Gasteiger partial charge in [0.05, 0.1) is 0 Å². The number of anilines is 1. The molecule has 5 nitrogen and oxygen atoms in total. The van der Waals surface area contributed by atoms with Crippen LogP contribution in [-0.2, 0) is 11.2 Å². The lowest BCUT2D eigenvalue weighted by Crippen LogP contribution is -2.50. The van der Waals surface area contributed by atoms with Gasteiger partial charge in [0.1, 0.15) is 5.75 Å². The largest absolute Gasteiger partial charge is 0.480 e. The molecule has 3 N–H and O–H groups in total. The zero-order chi connectivity index (χ0) is 23.4. The normalized spacial score (nSPS) is 17.1. The second-order valence-electron chi connectivity index (χ2n) is 9.36. The minimum atomic E-state index is -0.551. The molecule has 5 heteroatoms. The second kappa shape index (κ2) is 10.4. The zero-order valence-electron chi connectivity index (χ0n) is 20.5. The number of carbonyl (C=O) groups excluding carboxylic acids is 1. The first-order chi connectivity index (χ1) is 15.2. The van der Waals surface area contributed by atoms with Crippen LogP contribution in [0.5, 0.6) is 5.75 Å². The predicted molar refractivity (Wildman–Crippen MR) is 132 cm³/mol. The van der Waals surface area contributed by atoms with E-state index in [2.05, 4.69) is 47.5 Å². The molecule has 0 spiro atoms. The highest BCUT2D eigenvalue weighted by molar-refractivity contribution is 5.81. The molecular formula is C27H39N3O2. The van der Waals surface area contributed by atoms with Crippen LogP contribution in [0.15, 0.2) is 30.3 Å². The van der Waals surface area contributed by atoms with Crippen molar-refractivity contribution in [1.82, 2.24) is 10.2 Å². The van der Waals surface area contributed by atoms with E-state index in [1.807, 2.05) is 34.6 Å². The van der Waals surface area contributed by atoms with Gasteiger partial charge in [-0.25, -0.2) is 0 Å². The van der Waals surface area contributed by atoms with Gasteiger partial charge in [-0.3, -0.25) is 4.79 Å². The fourth-order valence-electron chi connectivity index (χ4n) is 4.60. The fraction of sp³-hybridized carbons (Fsp3) is 0.519. The van der Waals surface area contributed by atoms with Gasteiger partial charge in [0.2, 0.25) is 0 Å². The number of piperidine rings is 1. The summed E-state index contributed by atoms with van der Waals surface area (Å²) in [6, 6.07) is 11.3. The number of likely N-dealkylation sites (tertiary alicyclic amines) is 1. The first-order valence-corrected chi connectivity index (χ1v) is 11.8. The van der Waals surface area contributed by atoms with Gasteiger partial charge in [-0.1, -0.05) is 30.3 Å². The number of benzene rings is 2. The summed E-state index contributed by atoms with van der Waals surface area (Å²) in [6.45, 7) is 14.1. The standard InChI is InChI=1S/C27H39N3O2/c1-17(16-23-10-8-7-9-11-23)30-14-12-24(13-15-30)29-27(31)22(6)32-26-20(4)18(2)25(28)19(3)21(26)5/h7-11,17,22,24H,12-16,28H2,1-6H3,(H,29,31). The lowest BCUT2D eigenvalue weighted by Gasteiger charge is -2.36. The van der Waals surface area contributed by atoms with Crippen molar-refractivity contribution in [3.8, 4) is 5.75 Å². The number of nitrogens with one attached hydrogen (secondary N) is 1. The average Bonchev–Trinajstić information content (AvgIpc) is 2.80. The minimum Gasteiger partial charge on any atom is -0.480 e. The molecule has 1 saturated heterocycles. The summed E-state index contributed by atoms with van der Waals surface area (Å²) < 4.78 is 6.14. The molecule has 0 aliphatic carbocycles. The monoisotopic (exact) mass is 437 g/mol. The molecule has 0 saturated carbocycles. The Kier molecular flexibility index (Phi) is 7.83. The number of hydrogen-bond donors (Lipinski definition) is 2. The van der Waals surface area contributed by atoms with Crippen molar-refractivity contribution in [3.05, 3.63) is 58.1 Å². The highest BCUT2D eigenvalue weighted by Gasteiger charge is 2.26. The molecule has 0 radical (unpaired) electrons. The van der Waals surface area contributed by atoms with Crippen LogP contribution in [0, 0.1) is 27.7 Å². The second-order valence-corrected chi connectivity index (χ2v) is 9.36. The van der Waals surface area contributed by atoms with Crippen molar-refractivity contribution in [2.24, 2.45) is 0 Å². The number of hydrogen-bond acceptors (Lipinski definition) is 4. The summed E-state index contributed by atoms with van der Waals surface area (Å²) in [6.07, 6.45) is 2.44. The van der Waals surface area contributed by atoms with Crippen molar-refractivity contribution in [1.29, 1.82) is 0 Å². The van der Waals surface area contributed by atoms with E-state index in [9.17, 15) is 4.79 Å². The number of nitrogens with zero attached hydrogens (tertiary/aromatic N) is 1. The van der Waals surface area contributed by atoms with E-state index in [4.69, 9.17) is 10.5 Å². The van der Waals surface area contributed by atoms with Crippen LogP contribution in [0.3, 0.4) is 0 Å². The molecule has 1 heterocycles. The Morgan fingerprint density at radius 3 is 2.16 bits per heavy atom. The molecule has 1 aliphatic heterocycles. The van der Waals surface area contributed by atoms with Gasteiger partial charge in [-0.05, 0) is 88.6 Å². The summed E-state index contributed by atoms with van der Waals surface area (Å²) >= 11 is 0. The molecule has 2 atom stereocenters. The molecule has 174 valence electrons. The van der Waals surface area contributed by atoms with Crippen molar-refractivity contribution in [3.63, 3.8) is 0 Å². The predicted octanol–water partition coefficient (Wildman–Crippen LogP) is 4.48. The first kappa shape index (κ1) is 24.1. The highest BCUT2D eigenvalue weighted by atomic mass is 16.5. The molecule has 1 aliphatic rings. The maximum absolute atomic E-state index is 12.9. The molecule has 2 aromatic rings. The van der Waals surface area contributed by atoms with Gasteiger partial charge in [0.25, 0.3) is 5.91 Å². The number of nitrogen functional groups attached to an aromatic ring is 1. The first-order valence-electron chi connectivity index (χ1n) is 11.8. The van der Waals surface area contributed by atoms with Crippen LogP contribution in [0.4, 0.5) is 5.69 Å². The van der Waals surface area contributed by atoms with Crippen molar-refractivity contribution in [2.45, 2.75) is 79.0 Å². The molecule has 0 bridgehead atoms. The van der Waals surface area contributed by atoms with Crippen LogP contribution in [0.25, 0.3) is 0 Å². The molecule has 1 fully saturated rings.